The van der Waals surface area contributed by atoms with Crippen molar-refractivity contribution in [3.63, 3.8) is 0 Å². The zero-order chi connectivity index (χ0) is 9.15. The van der Waals surface area contributed by atoms with Gasteiger partial charge in [0.05, 0.1) is 12.7 Å². The van der Waals surface area contributed by atoms with Gasteiger partial charge in [-0.3, -0.25) is 0 Å². The van der Waals surface area contributed by atoms with Gasteiger partial charge in [0.1, 0.15) is 5.76 Å². The van der Waals surface area contributed by atoms with Crippen molar-refractivity contribution in [2.75, 3.05) is 6.54 Å². The summed E-state index contributed by atoms with van der Waals surface area (Å²) in [6.45, 7) is 4.19. The average molecular weight is 180 g/mol. The van der Waals surface area contributed by atoms with Crippen LogP contribution in [0.5, 0.6) is 0 Å². The van der Waals surface area contributed by atoms with Crippen LogP contribution < -0.4 is 5.32 Å². The van der Waals surface area contributed by atoms with E-state index in [1.165, 1.54) is 25.7 Å². The topological polar surface area (TPSA) is 38.1 Å². The van der Waals surface area contributed by atoms with Crippen LogP contribution in [-0.2, 0) is 6.54 Å². The highest BCUT2D eigenvalue weighted by Crippen LogP contribution is 2.47. The molecule has 1 saturated carbocycles. The number of nitrogens with zero attached hydrogens (tertiary/aromatic N) is 1. The lowest BCUT2D eigenvalue weighted by molar-refractivity contribution is 0.416. The van der Waals surface area contributed by atoms with Crippen molar-refractivity contribution in [2.24, 2.45) is 5.41 Å². The number of aromatic nitrogens is 1. The molecule has 0 spiro atoms. The van der Waals surface area contributed by atoms with Gasteiger partial charge in [0.2, 0.25) is 0 Å². The fraction of sp³-hybridized carbons (Fsp3) is 0.700. The second-order valence-electron chi connectivity index (χ2n) is 3.92. The van der Waals surface area contributed by atoms with Gasteiger partial charge < -0.3 is 9.73 Å². The van der Waals surface area contributed by atoms with E-state index in [1.807, 2.05) is 0 Å². The molecule has 0 bridgehead atoms. The maximum Gasteiger partial charge on any atom is 0.180 e. The van der Waals surface area contributed by atoms with E-state index >= 15 is 0 Å². The third-order valence-electron chi connectivity index (χ3n) is 2.99. The highest BCUT2D eigenvalue weighted by Gasteiger charge is 2.39. The summed E-state index contributed by atoms with van der Waals surface area (Å²) in [5.41, 5.74) is 0.611. The molecule has 0 aliphatic heterocycles. The van der Waals surface area contributed by atoms with E-state index in [9.17, 15) is 0 Å². The van der Waals surface area contributed by atoms with Crippen LogP contribution in [0.25, 0.3) is 0 Å². The van der Waals surface area contributed by atoms with E-state index in [4.69, 9.17) is 4.42 Å². The molecule has 1 aliphatic rings. The first-order valence-corrected chi connectivity index (χ1v) is 4.93. The van der Waals surface area contributed by atoms with E-state index in [-0.39, 0.29) is 0 Å². The Balaban J connectivity index is 1.70. The molecule has 1 N–H and O–H groups in total. The summed E-state index contributed by atoms with van der Waals surface area (Å²) in [6.07, 6.45) is 7.29. The molecule has 3 nitrogen and oxygen atoms in total. The van der Waals surface area contributed by atoms with E-state index in [0.717, 1.165) is 18.8 Å². The van der Waals surface area contributed by atoms with Gasteiger partial charge in [0, 0.05) is 6.54 Å². The van der Waals surface area contributed by atoms with Crippen molar-refractivity contribution < 1.29 is 4.42 Å². The first-order valence-electron chi connectivity index (χ1n) is 4.93. The van der Waals surface area contributed by atoms with Crippen LogP contribution in [0.2, 0.25) is 0 Å². The fourth-order valence-electron chi connectivity index (χ4n) is 1.61. The van der Waals surface area contributed by atoms with Crippen LogP contribution >= 0.6 is 0 Å². The van der Waals surface area contributed by atoms with E-state index in [1.54, 1.807) is 6.20 Å². The number of rotatable bonds is 5. The van der Waals surface area contributed by atoms with Gasteiger partial charge in [0.15, 0.2) is 6.39 Å². The molecule has 1 aromatic rings. The molecule has 0 saturated heterocycles. The lowest BCUT2D eigenvalue weighted by atomic mass is 10.0. The van der Waals surface area contributed by atoms with Gasteiger partial charge in [-0.05, 0) is 24.7 Å². The predicted molar refractivity (Wildman–Crippen MR) is 50.2 cm³/mol. The Morgan fingerprint density at radius 1 is 1.62 bits per heavy atom. The Hall–Kier alpha value is -0.830. The molecule has 0 atom stereocenters. The highest BCUT2D eigenvalue weighted by atomic mass is 16.3. The first-order chi connectivity index (χ1) is 6.35. The molecule has 3 heteroatoms. The number of nitrogens with one attached hydrogen (secondary N) is 1. The van der Waals surface area contributed by atoms with Crippen LogP contribution in [0.1, 0.15) is 31.9 Å². The maximum atomic E-state index is 5.13. The van der Waals surface area contributed by atoms with Crippen molar-refractivity contribution in [3.05, 3.63) is 18.4 Å². The first kappa shape index (κ1) is 8.75. The minimum atomic E-state index is 0.611. The molecule has 72 valence electrons. The van der Waals surface area contributed by atoms with Gasteiger partial charge in [-0.2, -0.15) is 0 Å². The summed E-state index contributed by atoms with van der Waals surface area (Å²) in [7, 11) is 0. The van der Waals surface area contributed by atoms with Crippen molar-refractivity contribution in [1.82, 2.24) is 10.3 Å². The Morgan fingerprint density at radius 3 is 3.00 bits per heavy atom. The summed E-state index contributed by atoms with van der Waals surface area (Å²) in [5.74, 6) is 0.923. The van der Waals surface area contributed by atoms with Crippen molar-refractivity contribution in [2.45, 2.75) is 32.7 Å². The summed E-state index contributed by atoms with van der Waals surface area (Å²) >= 11 is 0. The summed E-state index contributed by atoms with van der Waals surface area (Å²) in [4.78, 5) is 3.87. The van der Waals surface area contributed by atoms with Crippen molar-refractivity contribution >= 4 is 0 Å². The van der Waals surface area contributed by atoms with Gasteiger partial charge >= 0.3 is 0 Å². The standard InChI is InChI=1S/C10H16N2O/c1-2-10(3-4-10)7-11-5-9-6-12-8-13-9/h6,8,11H,2-5,7H2,1H3. The number of hydrogen-bond donors (Lipinski definition) is 1. The molecule has 1 aliphatic carbocycles. The molecule has 1 heterocycles. The second-order valence-corrected chi connectivity index (χ2v) is 3.92. The van der Waals surface area contributed by atoms with E-state index < -0.39 is 0 Å². The lowest BCUT2D eigenvalue weighted by Gasteiger charge is -2.11. The third kappa shape index (κ3) is 2.10. The van der Waals surface area contributed by atoms with Gasteiger partial charge in [-0.25, -0.2) is 4.98 Å². The lowest BCUT2D eigenvalue weighted by Crippen LogP contribution is -2.22. The fourth-order valence-corrected chi connectivity index (χ4v) is 1.61. The van der Waals surface area contributed by atoms with Crippen LogP contribution in [0, 0.1) is 5.41 Å². The zero-order valence-corrected chi connectivity index (χ0v) is 8.05. The largest absolute Gasteiger partial charge is 0.447 e. The minimum absolute atomic E-state index is 0.611. The van der Waals surface area contributed by atoms with E-state index in [0.29, 0.717) is 5.41 Å². The average Bonchev–Trinajstić information content (AvgIpc) is 2.74. The van der Waals surface area contributed by atoms with Gasteiger partial charge in [-0.1, -0.05) is 6.92 Å². The Labute approximate surface area is 78.5 Å². The molecule has 0 aromatic carbocycles. The SMILES string of the molecule is CCC1(CNCc2cnco2)CC1. The van der Waals surface area contributed by atoms with Crippen molar-refractivity contribution in [1.29, 1.82) is 0 Å². The molecule has 2 rings (SSSR count). The molecule has 0 amide bonds. The quantitative estimate of drug-likeness (QED) is 0.752. The minimum Gasteiger partial charge on any atom is -0.447 e. The molecule has 1 aromatic heterocycles. The molecule has 0 unspecified atom stereocenters. The normalized spacial score (nSPS) is 18.8. The maximum absolute atomic E-state index is 5.13. The summed E-state index contributed by atoms with van der Waals surface area (Å²) in [6, 6.07) is 0. The van der Waals surface area contributed by atoms with E-state index in [2.05, 4.69) is 17.2 Å². The third-order valence-corrected chi connectivity index (χ3v) is 2.99. The van der Waals surface area contributed by atoms with Gasteiger partial charge in [-0.15, -0.1) is 0 Å². The molecular formula is C10H16N2O. The van der Waals surface area contributed by atoms with Crippen LogP contribution in [0.3, 0.4) is 0 Å². The molecule has 1 fully saturated rings. The Bertz CT molecular complexity index is 252. The Morgan fingerprint density at radius 2 is 2.46 bits per heavy atom. The smallest absolute Gasteiger partial charge is 0.180 e. The van der Waals surface area contributed by atoms with Crippen LogP contribution in [-0.4, -0.2) is 11.5 Å². The monoisotopic (exact) mass is 180 g/mol. The number of hydrogen-bond acceptors (Lipinski definition) is 3. The predicted octanol–water partition coefficient (Wildman–Crippen LogP) is 1.95. The van der Waals surface area contributed by atoms with Crippen LogP contribution in [0.15, 0.2) is 17.0 Å². The van der Waals surface area contributed by atoms with Crippen molar-refractivity contribution in [3.8, 4) is 0 Å². The summed E-state index contributed by atoms with van der Waals surface area (Å²) in [5, 5.41) is 3.41. The molecular weight excluding hydrogens is 164 g/mol. The zero-order valence-electron chi connectivity index (χ0n) is 8.05. The van der Waals surface area contributed by atoms with Gasteiger partial charge in [0.25, 0.3) is 0 Å². The number of oxazole rings is 1. The molecule has 13 heavy (non-hydrogen) atoms. The second kappa shape index (κ2) is 3.50. The molecule has 0 radical (unpaired) electrons. The highest BCUT2D eigenvalue weighted by molar-refractivity contribution is 4.95. The Kier molecular flexibility index (Phi) is 2.36. The summed E-state index contributed by atoms with van der Waals surface area (Å²) < 4.78 is 5.13. The van der Waals surface area contributed by atoms with Crippen LogP contribution in [0.4, 0.5) is 0 Å².